The van der Waals surface area contributed by atoms with Crippen molar-refractivity contribution in [2.24, 2.45) is 0 Å². The van der Waals surface area contributed by atoms with Crippen LogP contribution in [0.15, 0.2) is 24.3 Å². The number of ether oxygens (including phenoxy) is 1. The molecule has 1 atom stereocenters. The van der Waals surface area contributed by atoms with Crippen LogP contribution in [0.5, 0.6) is 0 Å². The molecule has 0 bridgehead atoms. The lowest BCUT2D eigenvalue weighted by atomic mass is 10.1. The van der Waals surface area contributed by atoms with Gasteiger partial charge in [-0.2, -0.15) is 0 Å². The number of carboxylic acid groups (broad SMARTS) is 1. The normalized spacial score (nSPS) is 12.4. The number of carbonyl (C=O) groups is 3. The summed E-state index contributed by atoms with van der Waals surface area (Å²) in [5, 5.41) is 13.8. The molecule has 0 aromatic heterocycles. The van der Waals surface area contributed by atoms with E-state index >= 15 is 0 Å². The molecule has 0 heterocycles. The zero-order chi connectivity index (χ0) is 16.9. The van der Waals surface area contributed by atoms with E-state index in [-0.39, 0.29) is 5.91 Å². The highest BCUT2D eigenvalue weighted by molar-refractivity contribution is 5.99. The van der Waals surface area contributed by atoms with Crippen molar-refractivity contribution in [2.75, 3.05) is 12.4 Å². The summed E-state index contributed by atoms with van der Waals surface area (Å²) in [7, 11) is 1.44. The summed E-state index contributed by atoms with van der Waals surface area (Å²) in [5.74, 6) is -1.92. The fourth-order valence-electron chi connectivity index (χ4n) is 1.42. The Balaban J connectivity index is 2.73. The standard InChI is InChI=1S/C15H20N2O5/c1-9(13(19)20)16-12(18)10-5-7-11(8-6-10)17-14(21)15(2,3)22-4/h5-9H,1-4H3,(H,16,18)(H,17,21)(H,19,20). The largest absolute Gasteiger partial charge is 0.480 e. The first-order chi connectivity index (χ1) is 10.2. The van der Waals surface area contributed by atoms with Gasteiger partial charge in [0.05, 0.1) is 0 Å². The first-order valence-corrected chi connectivity index (χ1v) is 6.67. The Morgan fingerprint density at radius 2 is 1.73 bits per heavy atom. The highest BCUT2D eigenvalue weighted by Crippen LogP contribution is 2.14. The van der Waals surface area contributed by atoms with Crippen LogP contribution >= 0.6 is 0 Å². The molecule has 0 saturated carbocycles. The van der Waals surface area contributed by atoms with E-state index in [4.69, 9.17) is 9.84 Å². The predicted octanol–water partition coefficient (Wildman–Crippen LogP) is 1.25. The van der Waals surface area contributed by atoms with Crippen molar-refractivity contribution in [1.82, 2.24) is 5.32 Å². The van der Waals surface area contributed by atoms with Crippen LogP contribution in [-0.2, 0) is 14.3 Å². The lowest BCUT2D eigenvalue weighted by molar-refractivity contribution is -0.138. The molecule has 0 radical (unpaired) electrons. The van der Waals surface area contributed by atoms with Gasteiger partial charge in [0, 0.05) is 18.4 Å². The first kappa shape index (κ1) is 17.6. The lowest BCUT2D eigenvalue weighted by Crippen LogP contribution is -2.39. The van der Waals surface area contributed by atoms with E-state index in [0.717, 1.165) is 0 Å². The average molecular weight is 308 g/mol. The molecule has 1 aromatic carbocycles. The molecular formula is C15H20N2O5. The SMILES string of the molecule is COC(C)(C)C(=O)Nc1ccc(C(=O)NC(C)C(=O)O)cc1. The van der Waals surface area contributed by atoms with Crippen molar-refractivity contribution >= 4 is 23.5 Å². The maximum atomic E-state index is 11.9. The highest BCUT2D eigenvalue weighted by atomic mass is 16.5. The van der Waals surface area contributed by atoms with Crippen LogP contribution in [0.1, 0.15) is 31.1 Å². The summed E-state index contributed by atoms with van der Waals surface area (Å²) in [5.41, 5.74) is -0.150. The van der Waals surface area contributed by atoms with Gasteiger partial charge in [-0.05, 0) is 45.0 Å². The number of rotatable bonds is 6. The number of methoxy groups -OCH3 is 1. The Kier molecular flexibility index (Phi) is 5.64. The lowest BCUT2D eigenvalue weighted by Gasteiger charge is -2.21. The van der Waals surface area contributed by atoms with E-state index in [1.54, 1.807) is 26.0 Å². The van der Waals surface area contributed by atoms with Crippen molar-refractivity contribution in [2.45, 2.75) is 32.4 Å². The zero-order valence-electron chi connectivity index (χ0n) is 13.0. The van der Waals surface area contributed by atoms with Gasteiger partial charge in [-0.3, -0.25) is 14.4 Å². The zero-order valence-corrected chi connectivity index (χ0v) is 13.0. The molecule has 1 rings (SSSR count). The third-order valence-corrected chi connectivity index (χ3v) is 3.18. The number of benzene rings is 1. The molecule has 3 N–H and O–H groups in total. The van der Waals surface area contributed by atoms with E-state index in [2.05, 4.69) is 10.6 Å². The van der Waals surface area contributed by atoms with E-state index in [0.29, 0.717) is 11.3 Å². The van der Waals surface area contributed by atoms with Crippen LogP contribution < -0.4 is 10.6 Å². The van der Waals surface area contributed by atoms with Crippen LogP contribution in [0.4, 0.5) is 5.69 Å². The van der Waals surface area contributed by atoms with Gasteiger partial charge >= 0.3 is 5.97 Å². The van der Waals surface area contributed by atoms with Crippen LogP contribution in [0.3, 0.4) is 0 Å². The van der Waals surface area contributed by atoms with Gasteiger partial charge < -0.3 is 20.5 Å². The molecule has 0 saturated heterocycles. The molecule has 1 aromatic rings. The van der Waals surface area contributed by atoms with Gasteiger partial charge in [0.1, 0.15) is 11.6 Å². The number of aliphatic carboxylic acids is 1. The molecule has 0 fully saturated rings. The summed E-state index contributed by atoms with van der Waals surface area (Å²) in [4.78, 5) is 34.4. The Morgan fingerprint density at radius 3 is 2.18 bits per heavy atom. The van der Waals surface area contributed by atoms with Crippen molar-refractivity contribution in [1.29, 1.82) is 0 Å². The second kappa shape index (κ2) is 7.04. The molecule has 2 amide bonds. The quantitative estimate of drug-likeness (QED) is 0.733. The molecule has 0 aliphatic heterocycles. The minimum Gasteiger partial charge on any atom is -0.480 e. The summed E-state index contributed by atoms with van der Waals surface area (Å²) in [6.07, 6.45) is 0. The number of carboxylic acids is 1. The van der Waals surface area contributed by atoms with Gasteiger partial charge in [-0.1, -0.05) is 0 Å². The molecular weight excluding hydrogens is 288 g/mol. The van der Waals surface area contributed by atoms with Gasteiger partial charge in [-0.15, -0.1) is 0 Å². The average Bonchev–Trinajstić information content (AvgIpc) is 2.47. The Hall–Kier alpha value is -2.41. The third kappa shape index (κ3) is 4.56. The minimum absolute atomic E-state index is 0.303. The van der Waals surface area contributed by atoms with Gasteiger partial charge in [0.2, 0.25) is 0 Å². The second-order valence-corrected chi connectivity index (χ2v) is 5.28. The summed E-state index contributed by atoms with van der Waals surface area (Å²) >= 11 is 0. The first-order valence-electron chi connectivity index (χ1n) is 6.67. The Labute approximate surface area is 128 Å². The van der Waals surface area contributed by atoms with Crippen LogP contribution in [-0.4, -0.2) is 41.6 Å². The molecule has 7 nitrogen and oxygen atoms in total. The number of nitrogens with one attached hydrogen (secondary N) is 2. The monoisotopic (exact) mass is 308 g/mol. The van der Waals surface area contributed by atoms with Crippen molar-refractivity contribution in [3.8, 4) is 0 Å². The van der Waals surface area contributed by atoms with E-state index in [1.165, 1.54) is 26.2 Å². The fourth-order valence-corrected chi connectivity index (χ4v) is 1.42. The van der Waals surface area contributed by atoms with Crippen LogP contribution in [0.25, 0.3) is 0 Å². The number of hydrogen-bond acceptors (Lipinski definition) is 4. The third-order valence-electron chi connectivity index (χ3n) is 3.18. The maximum absolute atomic E-state index is 11.9. The molecule has 120 valence electrons. The van der Waals surface area contributed by atoms with E-state index < -0.39 is 23.5 Å². The summed E-state index contributed by atoms with van der Waals surface area (Å²) < 4.78 is 5.07. The van der Waals surface area contributed by atoms with Crippen LogP contribution in [0.2, 0.25) is 0 Å². The molecule has 22 heavy (non-hydrogen) atoms. The Bertz CT molecular complexity index is 566. The highest BCUT2D eigenvalue weighted by Gasteiger charge is 2.26. The van der Waals surface area contributed by atoms with Crippen molar-refractivity contribution < 1.29 is 24.2 Å². The second-order valence-electron chi connectivity index (χ2n) is 5.28. The molecule has 0 aliphatic rings. The fraction of sp³-hybridized carbons (Fsp3) is 0.400. The van der Waals surface area contributed by atoms with Crippen molar-refractivity contribution in [3.63, 3.8) is 0 Å². The Morgan fingerprint density at radius 1 is 1.18 bits per heavy atom. The van der Waals surface area contributed by atoms with Gasteiger partial charge in [-0.25, -0.2) is 0 Å². The van der Waals surface area contributed by atoms with Gasteiger partial charge in [0.15, 0.2) is 0 Å². The smallest absolute Gasteiger partial charge is 0.325 e. The predicted molar refractivity (Wildman–Crippen MR) is 80.7 cm³/mol. The number of carbonyl (C=O) groups excluding carboxylic acids is 2. The molecule has 0 spiro atoms. The van der Waals surface area contributed by atoms with Gasteiger partial charge in [0.25, 0.3) is 11.8 Å². The summed E-state index contributed by atoms with van der Waals surface area (Å²) in [6.45, 7) is 4.65. The number of hydrogen-bond donors (Lipinski definition) is 3. The van der Waals surface area contributed by atoms with E-state index in [9.17, 15) is 14.4 Å². The van der Waals surface area contributed by atoms with E-state index in [1.807, 2.05) is 0 Å². The molecule has 7 heteroatoms. The molecule has 0 aliphatic carbocycles. The summed E-state index contributed by atoms with van der Waals surface area (Å²) in [6, 6.07) is 5.14. The number of amides is 2. The molecule has 1 unspecified atom stereocenters. The van der Waals surface area contributed by atoms with Crippen LogP contribution in [0, 0.1) is 0 Å². The minimum atomic E-state index is -1.11. The maximum Gasteiger partial charge on any atom is 0.325 e. The number of anilines is 1. The topological polar surface area (TPSA) is 105 Å². The van der Waals surface area contributed by atoms with Crippen molar-refractivity contribution in [3.05, 3.63) is 29.8 Å².